The van der Waals surface area contributed by atoms with E-state index in [1.807, 2.05) is 6.92 Å². The van der Waals surface area contributed by atoms with Crippen molar-refractivity contribution in [2.45, 2.75) is 19.4 Å². The van der Waals surface area contributed by atoms with Gasteiger partial charge in [0.05, 0.1) is 0 Å². The summed E-state index contributed by atoms with van der Waals surface area (Å²) in [5, 5.41) is 0. The molecule has 0 bridgehead atoms. The molecule has 0 aliphatic rings. The zero-order valence-corrected chi connectivity index (χ0v) is 12.5. The average molecular weight is 342 g/mol. The van der Waals surface area contributed by atoms with Crippen LogP contribution in [0, 0.1) is 11.6 Å². The lowest BCUT2D eigenvalue weighted by molar-refractivity contribution is 0.408. The van der Waals surface area contributed by atoms with Crippen LogP contribution in [0.2, 0.25) is 0 Å². The number of para-hydroxylation sites is 1. The van der Waals surface area contributed by atoms with E-state index < -0.39 is 11.6 Å². The van der Waals surface area contributed by atoms with Crippen molar-refractivity contribution in [3.63, 3.8) is 0 Å². The summed E-state index contributed by atoms with van der Waals surface area (Å²) in [6.07, 6.45) is 0.447. The molecule has 0 aliphatic carbocycles. The average Bonchev–Trinajstić information content (AvgIpc) is 2.37. The first-order chi connectivity index (χ1) is 9.47. The Hall–Kier alpha value is -1.46. The van der Waals surface area contributed by atoms with E-state index in [2.05, 4.69) is 15.9 Å². The Kier molecular flexibility index (Phi) is 4.73. The minimum Gasteiger partial charge on any atom is -0.451 e. The molecule has 1 atom stereocenters. The fourth-order valence-electron chi connectivity index (χ4n) is 1.84. The highest BCUT2D eigenvalue weighted by molar-refractivity contribution is 9.10. The van der Waals surface area contributed by atoms with Gasteiger partial charge in [0.15, 0.2) is 23.1 Å². The number of hydrogen-bond acceptors (Lipinski definition) is 2. The zero-order valence-electron chi connectivity index (χ0n) is 10.9. The van der Waals surface area contributed by atoms with Crippen LogP contribution in [0.15, 0.2) is 40.9 Å². The summed E-state index contributed by atoms with van der Waals surface area (Å²) in [7, 11) is 0. The molecule has 0 spiro atoms. The fourth-order valence-corrected chi connectivity index (χ4v) is 2.18. The maximum Gasteiger partial charge on any atom is 0.166 e. The zero-order chi connectivity index (χ0) is 14.7. The van der Waals surface area contributed by atoms with Crippen LogP contribution in [-0.4, -0.2) is 6.04 Å². The second kappa shape index (κ2) is 6.33. The SMILES string of the molecule is CC(N)Cc1cccc(F)c1Oc1cc(Br)ccc1F. The molecule has 2 aromatic carbocycles. The molecule has 106 valence electrons. The van der Waals surface area contributed by atoms with Crippen molar-refractivity contribution in [3.05, 3.63) is 58.1 Å². The molecule has 2 nitrogen and oxygen atoms in total. The summed E-state index contributed by atoms with van der Waals surface area (Å²) in [5.41, 5.74) is 6.34. The number of ether oxygens (including phenoxy) is 1. The van der Waals surface area contributed by atoms with Crippen LogP contribution in [0.4, 0.5) is 8.78 Å². The summed E-state index contributed by atoms with van der Waals surface area (Å²) in [6, 6.07) is 8.69. The van der Waals surface area contributed by atoms with Gasteiger partial charge in [-0.1, -0.05) is 28.1 Å². The first-order valence-electron chi connectivity index (χ1n) is 6.13. The summed E-state index contributed by atoms with van der Waals surface area (Å²) in [6.45, 7) is 1.81. The van der Waals surface area contributed by atoms with Crippen LogP contribution in [0.1, 0.15) is 12.5 Å². The van der Waals surface area contributed by atoms with Crippen LogP contribution < -0.4 is 10.5 Å². The van der Waals surface area contributed by atoms with Gasteiger partial charge in [0.25, 0.3) is 0 Å². The highest BCUT2D eigenvalue weighted by atomic mass is 79.9. The standard InChI is InChI=1S/C15H14BrF2NO/c1-9(19)7-10-3-2-4-13(18)15(10)20-14-8-11(16)5-6-12(14)17/h2-6,8-9H,7,19H2,1H3. The number of halogens is 3. The quantitative estimate of drug-likeness (QED) is 0.893. The van der Waals surface area contributed by atoms with Gasteiger partial charge in [0.2, 0.25) is 0 Å². The molecule has 20 heavy (non-hydrogen) atoms. The highest BCUT2D eigenvalue weighted by Crippen LogP contribution is 2.32. The molecule has 1 unspecified atom stereocenters. The Morgan fingerprint density at radius 1 is 1.20 bits per heavy atom. The predicted octanol–water partition coefficient (Wildman–Crippen LogP) is 4.41. The number of nitrogens with two attached hydrogens (primary N) is 1. The minimum atomic E-state index is -0.553. The molecule has 0 heterocycles. The number of hydrogen-bond donors (Lipinski definition) is 1. The van der Waals surface area contributed by atoms with Crippen LogP contribution in [0.3, 0.4) is 0 Å². The molecule has 2 N–H and O–H groups in total. The second-order valence-corrected chi connectivity index (χ2v) is 5.50. The molecule has 0 saturated carbocycles. The molecule has 0 amide bonds. The van der Waals surface area contributed by atoms with Gasteiger partial charge in [-0.05, 0) is 43.2 Å². The van der Waals surface area contributed by atoms with E-state index in [0.717, 1.165) is 0 Å². The van der Waals surface area contributed by atoms with Gasteiger partial charge in [-0.25, -0.2) is 8.78 Å². The summed E-state index contributed by atoms with van der Waals surface area (Å²) >= 11 is 3.23. The topological polar surface area (TPSA) is 35.2 Å². The van der Waals surface area contributed by atoms with E-state index in [1.165, 1.54) is 18.2 Å². The van der Waals surface area contributed by atoms with Crippen molar-refractivity contribution in [3.8, 4) is 11.5 Å². The van der Waals surface area contributed by atoms with Crippen molar-refractivity contribution in [2.24, 2.45) is 5.73 Å². The van der Waals surface area contributed by atoms with Crippen LogP contribution in [0.5, 0.6) is 11.5 Å². The predicted molar refractivity (Wildman–Crippen MR) is 77.9 cm³/mol. The fraction of sp³-hybridized carbons (Fsp3) is 0.200. The van der Waals surface area contributed by atoms with Crippen molar-refractivity contribution in [2.75, 3.05) is 0 Å². The lowest BCUT2D eigenvalue weighted by atomic mass is 10.1. The second-order valence-electron chi connectivity index (χ2n) is 4.59. The Bertz CT molecular complexity index is 617. The van der Waals surface area contributed by atoms with Gasteiger partial charge in [-0.2, -0.15) is 0 Å². The van der Waals surface area contributed by atoms with Crippen LogP contribution in [0.25, 0.3) is 0 Å². The van der Waals surface area contributed by atoms with Gasteiger partial charge in [-0.3, -0.25) is 0 Å². The maximum atomic E-state index is 13.9. The summed E-state index contributed by atoms with van der Waals surface area (Å²) in [5.74, 6) is -1.11. The van der Waals surface area contributed by atoms with Gasteiger partial charge >= 0.3 is 0 Å². The normalized spacial score (nSPS) is 12.2. The first kappa shape index (κ1) is 14.9. The van der Waals surface area contributed by atoms with Crippen molar-refractivity contribution < 1.29 is 13.5 Å². The monoisotopic (exact) mass is 341 g/mol. The Labute approximate surface area is 124 Å². The van der Waals surface area contributed by atoms with Crippen molar-refractivity contribution in [1.29, 1.82) is 0 Å². The number of benzene rings is 2. The molecule has 5 heteroatoms. The van der Waals surface area contributed by atoms with E-state index in [0.29, 0.717) is 16.5 Å². The molecular formula is C15H14BrF2NO. The Morgan fingerprint density at radius 3 is 2.65 bits per heavy atom. The van der Waals surface area contributed by atoms with Gasteiger partial charge in [0.1, 0.15) is 0 Å². The van der Waals surface area contributed by atoms with E-state index in [1.54, 1.807) is 18.2 Å². The molecule has 0 fully saturated rings. The summed E-state index contributed by atoms with van der Waals surface area (Å²) < 4.78 is 33.7. The highest BCUT2D eigenvalue weighted by Gasteiger charge is 2.14. The third-order valence-corrected chi connectivity index (χ3v) is 3.19. The van der Waals surface area contributed by atoms with Gasteiger partial charge in [0, 0.05) is 10.5 Å². The van der Waals surface area contributed by atoms with Crippen LogP contribution >= 0.6 is 15.9 Å². The molecule has 0 aromatic heterocycles. The third-order valence-electron chi connectivity index (χ3n) is 2.70. The lowest BCUT2D eigenvalue weighted by Gasteiger charge is -2.14. The Balaban J connectivity index is 2.39. The third kappa shape index (κ3) is 3.55. The molecule has 2 aromatic rings. The maximum absolute atomic E-state index is 13.9. The first-order valence-corrected chi connectivity index (χ1v) is 6.92. The lowest BCUT2D eigenvalue weighted by Crippen LogP contribution is -2.18. The van der Waals surface area contributed by atoms with E-state index in [-0.39, 0.29) is 17.5 Å². The molecule has 2 rings (SSSR count). The molecular weight excluding hydrogens is 328 g/mol. The van der Waals surface area contributed by atoms with Gasteiger partial charge in [-0.15, -0.1) is 0 Å². The van der Waals surface area contributed by atoms with E-state index in [9.17, 15) is 8.78 Å². The molecule has 0 radical (unpaired) electrons. The number of rotatable bonds is 4. The van der Waals surface area contributed by atoms with Crippen molar-refractivity contribution in [1.82, 2.24) is 0 Å². The van der Waals surface area contributed by atoms with Gasteiger partial charge < -0.3 is 10.5 Å². The van der Waals surface area contributed by atoms with Crippen molar-refractivity contribution >= 4 is 15.9 Å². The summed E-state index contributed by atoms with van der Waals surface area (Å²) in [4.78, 5) is 0. The largest absolute Gasteiger partial charge is 0.451 e. The van der Waals surface area contributed by atoms with E-state index >= 15 is 0 Å². The van der Waals surface area contributed by atoms with E-state index in [4.69, 9.17) is 10.5 Å². The molecule has 0 aliphatic heterocycles. The molecule has 0 saturated heterocycles. The smallest absolute Gasteiger partial charge is 0.166 e. The Morgan fingerprint density at radius 2 is 1.95 bits per heavy atom. The van der Waals surface area contributed by atoms with Crippen LogP contribution in [-0.2, 0) is 6.42 Å². The minimum absolute atomic E-state index is 0.0156.